The van der Waals surface area contributed by atoms with E-state index in [0.29, 0.717) is 6.54 Å². The van der Waals surface area contributed by atoms with Gasteiger partial charge in [-0.2, -0.15) is 0 Å². The molecule has 1 saturated heterocycles. The Bertz CT molecular complexity index is 1130. The Labute approximate surface area is 197 Å². The summed E-state index contributed by atoms with van der Waals surface area (Å²) in [6, 6.07) is 18.2. The minimum Gasteiger partial charge on any atom is -0.334 e. The van der Waals surface area contributed by atoms with E-state index in [1.165, 1.54) is 48.8 Å². The molecule has 0 spiro atoms. The molecule has 0 radical (unpaired) electrons. The van der Waals surface area contributed by atoms with E-state index >= 15 is 0 Å². The molecular formula is C28H34N4O. The van der Waals surface area contributed by atoms with Crippen LogP contribution in [0.4, 0.5) is 10.5 Å². The molecule has 172 valence electrons. The topological polar surface area (TPSA) is 49.3 Å². The van der Waals surface area contributed by atoms with Crippen LogP contribution in [0.5, 0.6) is 0 Å². The smallest absolute Gasteiger partial charge is 0.319 e. The van der Waals surface area contributed by atoms with Gasteiger partial charge >= 0.3 is 6.03 Å². The Hall–Kier alpha value is -3.23. The van der Waals surface area contributed by atoms with Crippen molar-refractivity contribution in [3.05, 3.63) is 65.9 Å². The van der Waals surface area contributed by atoms with Gasteiger partial charge in [-0.15, -0.1) is 0 Å². The fourth-order valence-corrected chi connectivity index (χ4v) is 4.60. The molecule has 2 N–H and O–H groups in total. The van der Waals surface area contributed by atoms with Crippen molar-refractivity contribution in [3.8, 4) is 11.8 Å². The molecule has 0 aliphatic carbocycles. The molecule has 0 bridgehead atoms. The number of amides is 2. The van der Waals surface area contributed by atoms with E-state index in [1.807, 2.05) is 30.3 Å². The lowest BCUT2D eigenvalue weighted by Gasteiger charge is -2.28. The maximum atomic E-state index is 12.0. The van der Waals surface area contributed by atoms with Gasteiger partial charge in [0.1, 0.15) is 0 Å². The van der Waals surface area contributed by atoms with Gasteiger partial charge in [0.05, 0.1) is 12.2 Å². The number of urea groups is 1. The van der Waals surface area contributed by atoms with Crippen LogP contribution in [0.3, 0.4) is 0 Å². The monoisotopic (exact) mass is 442 g/mol. The molecule has 1 fully saturated rings. The molecule has 5 heteroatoms. The number of hydrogen-bond donors (Lipinski definition) is 2. The van der Waals surface area contributed by atoms with E-state index in [0.717, 1.165) is 30.3 Å². The van der Waals surface area contributed by atoms with Crippen LogP contribution in [0.1, 0.15) is 37.4 Å². The molecule has 0 saturated carbocycles. The van der Waals surface area contributed by atoms with Gasteiger partial charge in [-0.25, -0.2) is 4.79 Å². The van der Waals surface area contributed by atoms with Crippen LogP contribution in [0, 0.1) is 17.8 Å². The third kappa shape index (κ3) is 6.18. The van der Waals surface area contributed by atoms with Gasteiger partial charge in [-0.3, -0.25) is 0 Å². The quantitative estimate of drug-likeness (QED) is 0.521. The number of piperidine rings is 1. The second-order valence-corrected chi connectivity index (χ2v) is 8.93. The zero-order valence-corrected chi connectivity index (χ0v) is 19.7. The third-order valence-electron chi connectivity index (χ3n) is 6.55. The summed E-state index contributed by atoms with van der Waals surface area (Å²) in [6.45, 7) is 5.77. The highest BCUT2D eigenvalue weighted by molar-refractivity contribution is 5.89. The van der Waals surface area contributed by atoms with E-state index in [4.69, 9.17) is 0 Å². The third-order valence-corrected chi connectivity index (χ3v) is 6.55. The van der Waals surface area contributed by atoms with Crippen molar-refractivity contribution >= 4 is 22.6 Å². The van der Waals surface area contributed by atoms with E-state index in [2.05, 4.69) is 70.2 Å². The number of benzene rings is 2. The average molecular weight is 443 g/mol. The van der Waals surface area contributed by atoms with Crippen LogP contribution in [0.25, 0.3) is 10.9 Å². The lowest BCUT2D eigenvalue weighted by Crippen LogP contribution is -2.30. The maximum Gasteiger partial charge on any atom is 0.319 e. The van der Waals surface area contributed by atoms with Crippen LogP contribution in [0.2, 0.25) is 0 Å². The Morgan fingerprint density at radius 1 is 1.09 bits per heavy atom. The number of aryl methyl sites for hydroxylation is 2. The summed E-state index contributed by atoms with van der Waals surface area (Å²) in [5, 5.41) is 6.85. The van der Waals surface area contributed by atoms with Crippen LogP contribution in [0.15, 0.2) is 54.6 Å². The van der Waals surface area contributed by atoms with Gasteiger partial charge < -0.3 is 20.1 Å². The van der Waals surface area contributed by atoms with E-state index < -0.39 is 0 Å². The van der Waals surface area contributed by atoms with Gasteiger partial charge in [0.25, 0.3) is 0 Å². The molecule has 1 aromatic heterocycles. The predicted molar refractivity (Wildman–Crippen MR) is 136 cm³/mol. The number of fused-ring (bicyclic) bond motifs is 1. The van der Waals surface area contributed by atoms with Crippen molar-refractivity contribution in [3.63, 3.8) is 0 Å². The highest BCUT2D eigenvalue weighted by Crippen LogP contribution is 2.25. The number of aromatic nitrogens is 1. The van der Waals surface area contributed by atoms with Gasteiger partial charge in [0.2, 0.25) is 0 Å². The molecule has 2 aromatic carbocycles. The number of para-hydroxylation sites is 1. The molecule has 5 nitrogen and oxygen atoms in total. The van der Waals surface area contributed by atoms with Gasteiger partial charge in [0.15, 0.2) is 0 Å². The normalized spacial score (nSPS) is 14.6. The minimum absolute atomic E-state index is 0.249. The van der Waals surface area contributed by atoms with Crippen LogP contribution < -0.4 is 10.6 Å². The number of carbonyl (C=O) groups is 1. The second-order valence-electron chi connectivity index (χ2n) is 8.93. The first kappa shape index (κ1) is 22.9. The number of nitrogens with one attached hydrogen (secondary N) is 2. The molecule has 2 amide bonds. The van der Waals surface area contributed by atoms with E-state index in [-0.39, 0.29) is 6.03 Å². The number of nitrogens with zero attached hydrogens (tertiary/aromatic N) is 2. The molecule has 1 aliphatic heterocycles. The molecule has 3 aromatic rings. The van der Waals surface area contributed by atoms with Crippen LogP contribution in [-0.4, -0.2) is 42.2 Å². The van der Waals surface area contributed by atoms with Gasteiger partial charge in [-0.1, -0.05) is 30.2 Å². The Kier molecular flexibility index (Phi) is 7.70. The Morgan fingerprint density at radius 3 is 2.64 bits per heavy atom. The maximum absolute atomic E-state index is 12.0. The average Bonchev–Trinajstić information content (AvgIpc) is 3.18. The largest absolute Gasteiger partial charge is 0.334 e. The molecule has 2 heterocycles. The Morgan fingerprint density at radius 2 is 1.88 bits per heavy atom. The first-order valence-electron chi connectivity index (χ1n) is 12.0. The van der Waals surface area contributed by atoms with E-state index in [9.17, 15) is 4.79 Å². The zero-order valence-electron chi connectivity index (χ0n) is 19.7. The highest BCUT2D eigenvalue weighted by atomic mass is 16.2. The number of anilines is 1. The molecule has 1 aliphatic rings. The molecule has 33 heavy (non-hydrogen) atoms. The Balaban J connectivity index is 1.36. The number of rotatable bonds is 6. The van der Waals surface area contributed by atoms with Crippen molar-refractivity contribution < 1.29 is 4.79 Å². The van der Waals surface area contributed by atoms with Gasteiger partial charge in [-0.05, 0) is 100 Å². The standard InChI is InChI=1S/C28H34N4O/c1-3-32-26(10-7-17-29-28(33)30-25-8-5-4-6-9-25)21-24-20-23(13-14-27(24)32)12-11-22-15-18-31(2)19-16-22/h4-6,8-9,13-14,20-22H,3,11-12,15-19H2,1-2H3,(H2,29,30,33). The summed E-state index contributed by atoms with van der Waals surface area (Å²) in [7, 11) is 2.22. The fourth-order valence-electron chi connectivity index (χ4n) is 4.60. The predicted octanol–water partition coefficient (Wildman–Crippen LogP) is 5.11. The SMILES string of the molecule is CCn1c(C#CCNC(=O)Nc2ccccc2)cc2cc(CCC3CCN(C)CC3)ccc21. The first-order chi connectivity index (χ1) is 16.1. The highest BCUT2D eigenvalue weighted by Gasteiger charge is 2.16. The number of hydrogen-bond acceptors (Lipinski definition) is 2. The van der Waals surface area contributed by atoms with Crippen molar-refractivity contribution in [2.45, 2.75) is 39.2 Å². The minimum atomic E-state index is -0.249. The number of likely N-dealkylation sites (tertiary alicyclic amines) is 1. The summed E-state index contributed by atoms with van der Waals surface area (Å²) < 4.78 is 2.24. The number of carbonyl (C=O) groups excluding carboxylic acids is 1. The lowest BCUT2D eigenvalue weighted by atomic mass is 9.90. The summed E-state index contributed by atoms with van der Waals surface area (Å²) in [5.74, 6) is 7.19. The summed E-state index contributed by atoms with van der Waals surface area (Å²) in [5.41, 5.74) is 4.39. The summed E-state index contributed by atoms with van der Waals surface area (Å²) in [4.78, 5) is 14.5. The van der Waals surface area contributed by atoms with Crippen molar-refractivity contribution in [1.82, 2.24) is 14.8 Å². The lowest BCUT2D eigenvalue weighted by molar-refractivity contribution is 0.212. The van der Waals surface area contributed by atoms with Crippen molar-refractivity contribution in [1.29, 1.82) is 0 Å². The first-order valence-corrected chi connectivity index (χ1v) is 12.0. The molecule has 4 rings (SSSR count). The molecule has 0 atom stereocenters. The molecule has 0 unspecified atom stereocenters. The second kappa shape index (κ2) is 11.1. The van der Waals surface area contributed by atoms with Crippen LogP contribution in [-0.2, 0) is 13.0 Å². The summed E-state index contributed by atoms with van der Waals surface area (Å²) >= 11 is 0. The fraction of sp³-hybridized carbons (Fsp3) is 0.393. The van der Waals surface area contributed by atoms with Gasteiger partial charge in [0, 0.05) is 23.1 Å². The van der Waals surface area contributed by atoms with Crippen LogP contribution >= 0.6 is 0 Å². The molecular weight excluding hydrogens is 408 g/mol. The zero-order chi connectivity index (χ0) is 23.0. The van der Waals surface area contributed by atoms with Crippen molar-refractivity contribution in [2.75, 3.05) is 32.0 Å². The van der Waals surface area contributed by atoms with E-state index in [1.54, 1.807) is 0 Å². The van der Waals surface area contributed by atoms with Crippen molar-refractivity contribution in [2.24, 2.45) is 5.92 Å². The summed E-state index contributed by atoms with van der Waals surface area (Å²) in [6.07, 6.45) is 5.06.